The molecule has 3 heterocycles. The summed E-state index contributed by atoms with van der Waals surface area (Å²) in [5.74, 6) is -5.37. The van der Waals surface area contributed by atoms with Gasteiger partial charge in [-0.3, -0.25) is 9.88 Å². The van der Waals surface area contributed by atoms with Crippen molar-refractivity contribution in [2.75, 3.05) is 32.7 Å². The molecule has 40 heavy (non-hydrogen) atoms. The Balaban J connectivity index is 0.000000319. The fourth-order valence-electron chi connectivity index (χ4n) is 3.88. The van der Waals surface area contributed by atoms with Gasteiger partial charge in [0.1, 0.15) is 0 Å². The fourth-order valence-corrected chi connectivity index (χ4v) is 3.88. The minimum Gasteiger partial charge on any atom is -0.475 e. The highest BCUT2D eigenvalue weighted by Crippen LogP contribution is 2.36. The topological polar surface area (TPSA) is 131 Å². The van der Waals surface area contributed by atoms with Crippen LogP contribution in [-0.2, 0) is 20.9 Å². The van der Waals surface area contributed by atoms with Crippen molar-refractivity contribution in [1.29, 1.82) is 0 Å². The quantitative estimate of drug-likeness (QED) is 0.443. The van der Waals surface area contributed by atoms with Crippen LogP contribution in [-0.4, -0.2) is 99.3 Å². The van der Waals surface area contributed by atoms with Crippen molar-refractivity contribution in [3.63, 3.8) is 0 Å². The smallest absolute Gasteiger partial charge is 0.475 e. The van der Waals surface area contributed by atoms with Crippen LogP contribution in [0, 0.1) is 17.8 Å². The first-order valence-corrected chi connectivity index (χ1v) is 11.4. The van der Waals surface area contributed by atoms with Gasteiger partial charge in [-0.1, -0.05) is 6.07 Å². The van der Waals surface area contributed by atoms with Crippen LogP contribution in [0.5, 0.6) is 0 Å². The largest absolute Gasteiger partial charge is 0.490 e. The van der Waals surface area contributed by atoms with Gasteiger partial charge in [0.2, 0.25) is 0 Å². The second-order valence-electron chi connectivity index (χ2n) is 9.15. The lowest BCUT2D eigenvalue weighted by Gasteiger charge is -2.21. The predicted molar refractivity (Wildman–Crippen MR) is 117 cm³/mol. The van der Waals surface area contributed by atoms with E-state index in [2.05, 4.69) is 20.9 Å². The van der Waals surface area contributed by atoms with Crippen molar-refractivity contribution >= 4 is 17.9 Å². The molecule has 0 bridgehead atoms. The van der Waals surface area contributed by atoms with Crippen LogP contribution in [0.4, 0.5) is 39.5 Å². The van der Waals surface area contributed by atoms with Crippen molar-refractivity contribution in [3.05, 3.63) is 30.1 Å². The Kier molecular flexibility index (Phi) is 12.6. The van der Waals surface area contributed by atoms with Gasteiger partial charge in [0.25, 0.3) is 0 Å². The average molecular weight is 599 g/mol. The standard InChI is InChI=1S/C16H23N3.3C2HF3O2/c1-2-14(6-17-5-1)8-19-11-15-9-18(7-13-3-4-13)10-16(15)12-19;3*3-2(4,5)1(6)7/h1-2,5-6,13,15-16H,3-4,7-12H2;3*(H,6,7)/t15-,16+;;;. The number of nitrogens with zero attached hydrogens (tertiary/aromatic N) is 3. The van der Waals surface area contributed by atoms with E-state index < -0.39 is 36.4 Å². The number of likely N-dealkylation sites (tertiary alicyclic amines) is 2. The summed E-state index contributed by atoms with van der Waals surface area (Å²) in [7, 11) is 0. The van der Waals surface area contributed by atoms with E-state index >= 15 is 0 Å². The van der Waals surface area contributed by atoms with Crippen LogP contribution in [0.2, 0.25) is 0 Å². The van der Waals surface area contributed by atoms with E-state index in [9.17, 15) is 39.5 Å². The molecule has 3 aliphatic rings. The van der Waals surface area contributed by atoms with Crippen LogP contribution < -0.4 is 0 Å². The van der Waals surface area contributed by atoms with Crippen molar-refractivity contribution in [3.8, 4) is 0 Å². The Morgan fingerprint density at radius 3 is 1.43 bits per heavy atom. The van der Waals surface area contributed by atoms with Gasteiger partial charge in [-0.05, 0) is 42.2 Å². The molecule has 0 radical (unpaired) electrons. The Hall–Kier alpha value is -3.15. The second-order valence-corrected chi connectivity index (χ2v) is 9.15. The molecule has 3 N–H and O–H groups in total. The van der Waals surface area contributed by atoms with Gasteiger partial charge >= 0.3 is 36.4 Å². The Bertz CT molecular complexity index is 898. The minimum atomic E-state index is -5.08. The van der Waals surface area contributed by atoms with Gasteiger partial charge < -0.3 is 20.2 Å². The van der Waals surface area contributed by atoms with Crippen molar-refractivity contribution in [2.24, 2.45) is 17.8 Å². The lowest BCUT2D eigenvalue weighted by atomic mass is 10.0. The maximum atomic E-state index is 10.6. The minimum absolute atomic E-state index is 0.926. The highest BCUT2D eigenvalue weighted by Gasteiger charge is 2.41. The number of carboxylic acids is 3. The summed E-state index contributed by atoms with van der Waals surface area (Å²) >= 11 is 0. The molecule has 3 fully saturated rings. The van der Waals surface area contributed by atoms with Gasteiger partial charge in [-0.25, -0.2) is 14.4 Å². The number of hydrogen-bond acceptors (Lipinski definition) is 6. The van der Waals surface area contributed by atoms with Crippen LogP contribution in [0.1, 0.15) is 18.4 Å². The molecule has 2 saturated heterocycles. The number of halogens is 9. The summed E-state index contributed by atoms with van der Waals surface area (Å²) in [5.41, 5.74) is 1.36. The van der Waals surface area contributed by atoms with Crippen molar-refractivity contribution in [2.45, 2.75) is 37.9 Å². The molecular weight excluding hydrogens is 573 g/mol. The maximum Gasteiger partial charge on any atom is 0.490 e. The zero-order valence-electron chi connectivity index (χ0n) is 20.5. The first-order chi connectivity index (χ1) is 18.2. The van der Waals surface area contributed by atoms with E-state index in [1.807, 2.05) is 18.5 Å². The van der Waals surface area contributed by atoms with E-state index in [-0.39, 0.29) is 0 Å². The molecule has 1 aromatic heterocycles. The third-order valence-corrected chi connectivity index (χ3v) is 5.71. The molecule has 18 heteroatoms. The number of fused-ring (bicyclic) bond motifs is 1. The molecule has 0 amide bonds. The molecular formula is C22H26F9N3O6. The molecule has 2 aliphatic heterocycles. The molecule has 4 rings (SSSR count). The molecule has 228 valence electrons. The summed E-state index contributed by atoms with van der Waals surface area (Å²) in [6, 6.07) is 4.24. The van der Waals surface area contributed by atoms with Gasteiger partial charge in [0.05, 0.1) is 0 Å². The van der Waals surface area contributed by atoms with Crippen LogP contribution in [0.15, 0.2) is 24.5 Å². The number of alkyl halides is 9. The SMILES string of the molecule is O=C(O)C(F)(F)F.O=C(O)C(F)(F)F.O=C(O)C(F)(F)F.c1cncc(CN2C[C@@H]3CN(CC4CC4)C[C@@H]3C2)c1. The Morgan fingerprint density at radius 1 is 0.750 bits per heavy atom. The van der Waals surface area contributed by atoms with Gasteiger partial charge in [0.15, 0.2) is 0 Å². The highest BCUT2D eigenvalue weighted by molar-refractivity contribution is 5.73. The molecule has 0 unspecified atom stereocenters. The number of aromatic nitrogens is 1. The average Bonchev–Trinajstić information content (AvgIpc) is 3.42. The van der Waals surface area contributed by atoms with E-state index in [4.69, 9.17) is 29.7 Å². The predicted octanol–water partition coefficient (Wildman–Crippen LogP) is 3.76. The molecule has 1 aliphatic carbocycles. The lowest BCUT2D eigenvalue weighted by Crippen LogP contribution is -2.29. The van der Waals surface area contributed by atoms with Crippen LogP contribution in [0.3, 0.4) is 0 Å². The number of rotatable bonds is 4. The van der Waals surface area contributed by atoms with E-state index in [0.29, 0.717) is 0 Å². The molecule has 1 saturated carbocycles. The van der Waals surface area contributed by atoms with Gasteiger partial charge in [-0.15, -0.1) is 0 Å². The van der Waals surface area contributed by atoms with Gasteiger partial charge in [-0.2, -0.15) is 39.5 Å². The number of carbonyl (C=O) groups is 3. The summed E-state index contributed by atoms with van der Waals surface area (Å²) < 4.78 is 95.2. The second kappa shape index (κ2) is 14.5. The lowest BCUT2D eigenvalue weighted by molar-refractivity contribution is -0.193. The van der Waals surface area contributed by atoms with Crippen molar-refractivity contribution in [1.82, 2.24) is 14.8 Å². The zero-order valence-corrected chi connectivity index (χ0v) is 20.5. The van der Waals surface area contributed by atoms with E-state index in [1.54, 1.807) is 0 Å². The molecule has 0 aromatic carbocycles. The molecule has 0 spiro atoms. The molecule has 9 nitrogen and oxygen atoms in total. The molecule has 1 aromatic rings. The van der Waals surface area contributed by atoms with E-state index in [0.717, 1.165) is 24.3 Å². The number of hydrogen-bond donors (Lipinski definition) is 3. The van der Waals surface area contributed by atoms with E-state index in [1.165, 1.54) is 51.1 Å². The van der Waals surface area contributed by atoms with Crippen LogP contribution in [0.25, 0.3) is 0 Å². The third kappa shape index (κ3) is 13.8. The van der Waals surface area contributed by atoms with Crippen molar-refractivity contribution < 1.29 is 69.2 Å². The number of pyridine rings is 1. The maximum absolute atomic E-state index is 10.6. The summed E-state index contributed by atoms with van der Waals surface area (Å²) in [4.78, 5) is 36.3. The first-order valence-electron chi connectivity index (χ1n) is 11.4. The fraction of sp³-hybridized carbons (Fsp3) is 0.636. The zero-order chi connectivity index (χ0) is 30.9. The summed E-state index contributed by atoms with van der Waals surface area (Å²) in [6.45, 7) is 7.76. The summed E-state index contributed by atoms with van der Waals surface area (Å²) in [5, 5.41) is 21.4. The number of carboxylic acid groups (broad SMARTS) is 3. The first kappa shape index (κ1) is 34.9. The Labute approximate surface area is 221 Å². The summed E-state index contributed by atoms with van der Waals surface area (Å²) in [6.07, 6.45) is -8.41. The molecule has 2 atom stereocenters. The monoisotopic (exact) mass is 599 g/mol. The highest BCUT2D eigenvalue weighted by atomic mass is 19.4. The normalized spacial score (nSPS) is 21.0. The Morgan fingerprint density at radius 2 is 1.12 bits per heavy atom. The third-order valence-electron chi connectivity index (χ3n) is 5.71. The number of aliphatic carboxylic acids is 3. The van der Waals surface area contributed by atoms with Gasteiger partial charge in [0, 0.05) is 51.7 Å². The van der Waals surface area contributed by atoms with Crippen LogP contribution >= 0.6 is 0 Å².